The van der Waals surface area contributed by atoms with E-state index in [1.165, 1.54) is 48.5 Å². The summed E-state index contributed by atoms with van der Waals surface area (Å²) in [7, 11) is 0. The first-order valence-corrected chi connectivity index (χ1v) is 11.3. The van der Waals surface area contributed by atoms with E-state index < -0.39 is 33.4 Å². The zero-order valence-corrected chi connectivity index (χ0v) is 18.8. The molecule has 3 aromatic carbocycles. The second kappa shape index (κ2) is 10.0. The van der Waals surface area contributed by atoms with E-state index in [4.69, 9.17) is 4.74 Å². The van der Waals surface area contributed by atoms with Crippen molar-refractivity contribution >= 4 is 17.3 Å². The Labute approximate surface area is 201 Å². The molecule has 0 aromatic heterocycles. The summed E-state index contributed by atoms with van der Waals surface area (Å²) in [4.78, 5) is 34.3. The van der Waals surface area contributed by atoms with Gasteiger partial charge in [0.25, 0.3) is 11.4 Å². The number of carbonyl (C=O) groups is 1. The van der Waals surface area contributed by atoms with Gasteiger partial charge in [0.1, 0.15) is 6.10 Å². The molecule has 9 heteroatoms. The third kappa shape index (κ3) is 4.76. The van der Waals surface area contributed by atoms with Crippen LogP contribution in [0.1, 0.15) is 53.3 Å². The van der Waals surface area contributed by atoms with Crippen molar-refractivity contribution in [3.8, 4) is 0 Å². The lowest BCUT2D eigenvalue weighted by Crippen LogP contribution is -2.48. The normalized spacial score (nSPS) is 20.5. The molecule has 1 aliphatic rings. The van der Waals surface area contributed by atoms with Gasteiger partial charge >= 0.3 is 5.97 Å². The summed E-state index contributed by atoms with van der Waals surface area (Å²) < 4.78 is 6.05. The van der Waals surface area contributed by atoms with E-state index in [1.807, 2.05) is 30.3 Å². The molecule has 1 saturated carbocycles. The van der Waals surface area contributed by atoms with Crippen molar-refractivity contribution in [2.45, 2.75) is 43.3 Å². The van der Waals surface area contributed by atoms with E-state index in [2.05, 4.69) is 0 Å². The minimum absolute atomic E-state index is 0.104. The largest absolute Gasteiger partial charge is 0.453 e. The van der Waals surface area contributed by atoms with Gasteiger partial charge in [0, 0.05) is 24.3 Å². The molecular formula is C26H24N2O7. The Morgan fingerprint density at radius 2 is 1.46 bits per heavy atom. The number of nitro benzene ring substituents is 2. The first-order chi connectivity index (χ1) is 16.8. The molecule has 35 heavy (non-hydrogen) atoms. The SMILES string of the molecule is O=C(O[C@@H](c1ccc([N+](=O)[O-])cc1)[C@@]1(c2ccccc2)CCCC[C@@H]1O)c1ccc([N+](=O)[O-])cc1. The number of ether oxygens (including phenoxy) is 1. The summed E-state index contributed by atoms with van der Waals surface area (Å²) in [5.41, 5.74) is 0.189. The second-order valence-electron chi connectivity index (χ2n) is 8.61. The molecule has 0 amide bonds. The van der Waals surface area contributed by atoms with Gasteiger partial charge in [-0.1, -0.05) is 43.2 Å². The van der Waals surface area contributed by atoms with Crippen LogP contribution in [0.25, 0.3) is 0 Å². The molecule has 0 unspecified atom stereocenters. The van der Waals surface area contributed by atoms with Crippen molar-refractivity contribution < 1.29 is 24.5 Å². The molecule has 0 saturated heterocycles. The number of rotatable bonds is 7. The molecule has 0 bridgehead atoms. The highest BCUT2D eigenvalue weighted by Gasteiger charge is 2.50. The number of aliphatic hydroxyl groups is 1. The third-order valence-electron chi connectivity index (χ3n) is 6.64. The van der Waals surface area contributed by atoms with Crippen LogP contribution in [-0.2, 0) is 10.2 Å². The number of benzene rings is 3. The molecule has 0 spiro atoms. The van der Waals surface area contributed by atoms with Crippen molar-refractivity contribution in [3.63, 3.8) is 0 Å². The van der Waals surface area contributed by atoms with Crippen LogP contribution in [0.5, 0.6) is 0 Å². The second-order valence-corrected chi connectivity index (χ2v) is 8.61. The summed E-state index contributed by atoms with van der Waals surface area (Å²) in [6.07, 6.45) is 0.872. The van der Waals surface area contributed by atoms with Crippen molar-refractivity contribution in [3.05, 3.63) is 116 Å². The lowest BCUT2D eigenvalue weighted by Gasteiger charge is -2.46. The van der Waals surface area contributed by atoms with Gasteiger partial charge in [0.05, 0.1) is 26.9 Å². The number of nitrogens with zero attached hydrogens (tertiary/aromatic N) is 2. The topological polar surface area (TPSA) is 133 Å². The van der Waals surface area contributed by atoms with E-state index >= 15 is 0 Å². The first kappa shape index (κ1) is 24.0. The van der Waals surface area contributed by atoms with Crippen molar-refractivity contribution in [2.24, 2.45) is 0 Å². The predicted octanol–water partition coefficient (Wildman–Crippen LogP) is 5.27. The fourth-order valence-corrected chi connectivity index (χ4v) is 4.86. The molecule has 0 heterocycles. The fraction of sp³-hybridized carbons (Fsp3) is 0.269. The molecule has 1 aliphatic carbocycles. The maximum Gasteiger partial charge on any atom is 0.338 e. The van der Waals surface area contributed by atoms with Crippen molar-refractivity contribution in [1.29, 1.82) is 0 Å². The molecule has 1 fully saturated rings. The molecule has 4 rings (SSSR count). The third-order valence-corrected chi connectivity index (χ3v) is 6.64. The summed E-state index contributed by atoms with van der Waals surface area (Å²) >= 11 is 0. The van der Waals surface area contributed by atoms with Crippen LogP contribution in [0.15, 0.2) is 78.9 Å². The quantitative estimate of drug-likeness (QED) is 0.279. The Morgan fingerprint density at radius 3 is 2.00 bits per heavy atom. The summed E-state index contributed by atoms with van der Waals surface area (Å²) in [5.74, 6) is -0.712. The Bertz CT molecular complexity index is 1210. The molecule has 0 radical (unpaired) electrons. The minimum Gasteiger partial charge on any atom is -0.453 e. The highest BCUT2D eigenvalue weighted by atomic mass is 16.6. The molecule has 0 aliphatic heterocycles. The lowest BCUT2D eigenvalue weighted by atomic mass is 9.62. The Hall–Kier alpha value is -4.11. The van der Waals surface area contributed by atoms with Crippen LogP contribution in [0.2, 0.25) is 0 Å². The van der Waals surface area contributed by atoms with Crippen LogP contribution in [0.4, 0.5) is 11.4 Å². The summed E-state index contributed by atoms with van der Waals surface area (Å²) in [5, 5.41) is 33.5. The fourth-order valence-electron chi connectivity index (χ4n) is 4.86. The Kier molecular flexibility index (Phi) is 6.88. The van der Waals surface area contributed by atoms with Gasteiger partial charge in [-0.05, 0) is 48.2 Å². The average molecular weight is 476 g/mol. The standard InChI is InChI=1S/C26H24N2O7/c29-23-8-4-5-17-26(23,20-6-2-1-3-7-20)24(18-9-13-21(14-10-18)27(31)32)35-25(30)19-11-15-22(16-12-19)28(33)34/h1-3,6-7,9-16,23-24,29H,4-5,8,17H2/t23-,24-,26+/m0/s1. The van der Waals surface area contributed by atoms with Crippen LogP contribution < -0.4 is 0 Å². The zero-order valence-electron chi connectivity index (χ0n) is 18.8. The van der Waals surface area contributed by atoms with E-state index in [-0.39, 0.29) is 16.9 Å². The van der Waals surface area contributed by atoms with E-state index in [0.29, 0.717) is 18.4 Å². The average Bonchev–Trinajstić information content (AvgIpc) is 2.88. The minimum atomic E-state index is -0.980. The predicted molar refractivity (Wildman–Crippen MR) is 127 cm³/mol. The smallest absolute Gasteiger partial charge is 0.338 e. The number of carbonyl (C=O) groups excluding carboxylic acids is 1. The summed E-state index contributed by atoms with van der Waals surface area (Å²) in [6, 6.07) is 20.2. The van der Waals surface area contributed by atoms with E-state index in [9.17, 15) is 30.1 Å². The zero-order chi connectivity index (χ0) is 25.0. The number of esters is 1. The molecule has 180 valence electrons. The molecule has 3 atom stereocenters. The Balaban J connectivity index is 1.80. The molecule has 1 N–H and O–H groups in total. The lowest BCUT2D eigenvalue weighted by molar-refractivity contribution is -0.385. The molecule has 9 nitrogen and oxygen atoms in total. The van der Waals surface area contributed by atoms with Gasteiger partial charge < -0.3 is 9.84 Å². The van der Waals surface area contributed by atoms with Crippen LogP contribution in [-0.4, -0.2) is 27.0 Å². The van der Waals surface area contributed by atoms with Gasteiger partial charge in [-0.15, -0.1) is 0 Å². The number of hydrogen-bond acceptors (Lipinski definition) is 7. The van der Waals surface area contributed by atoms with Gasteiger partial charge in [-0.2, -0.15) is 0 Å². The Morgan fingerprint density at radius 1 is 0.886 bits per heavy atom. The van der Waals surface area contributed by atoms with E-state index in [1.54, 1.807) is 0 Å². The van der Waals surface area contributed by atoms with Gasteiger partial charge in [0.2, 0.25) is 0 Å². The van der Waals surface area contributed by atoms with E-state index in [0.717, 1.165) is 18.4 Å². The monoisotopic (exact) mass is 476 g/mol. The molecule has 3 aromatic rings. The van der Waals surface area contributed by atoms with Crippen molar-refractivity contribution in [1.82, 2.24) is 0 Å². The maximum atomic E-state index is 13.2. The highest BCUT2D eigenvalue weighted by Crippen LogP contribution is 2.50. The first-order valence-electron chi connectivity index (χ1n) is 11.3. The maximum absolute atomic E-state index is 13.2. The number of nitro groups is 2. The number of non-ortho nitro benzene ring substituents is 2. The van der Waals surface area contributed by atoms with Crippen LogP contribution in [0, 0.1) is 20.2 Å². The highest BCUT2D eigenvalue weighted by molar-refractivity contribution is 5.90. The van der Waals surface area contributed by atoms with Crippen LogP contribution in [0.3, 0.4) is 0 Å². The van der Waals surface area contributed by atoms with Gasteiger partial charge in [-0.25, -0.2) is 4.79 Å². The number of hydrogen-bond donors (Lipinski definition) is 1. The number of aliphatic hydroxyl groups excluding tert-OH is 1. The van der Waals surface area contributed by atoms with Crippen LogP contribution >= 0.6 is 0 Å². The van der Waals surface area contributed by atoms with Gasteiger partial charge in [0.15, 0.2) is 0 Å². The van der Waals surface area contributed by atoms with Gasteiger partial charge in [-0.3, -0.25) is 20.2 Å². The molecular weight excluding hydrogens is 452 g/mol. The summed E-state index contributed by atoms with van der Waals surface area (Å²) in [6.45, 7) is 0. The van der Waals surface area contributed by atoms with Crippen molar-refractivity contribution in [2.75, 3.05) is 0 Å².